The summed E-state index contributed by atoms with van der Waals surface area (Å²) in [5.41, 5.74) is 1.55. The van der Waals surface area contributed by atoms with Crippen molar-refractivity contribution in [3.05, 3.63) is 72.8 Å². The molecular formula is C23H30N4O3S. The molecule has 0 radical (unpaired) electrons. The summed E-state index contributed by atoms with van der Waals surface area (Å²) in [6.07, 6.45) is 2.30. The van der Waals surface area contributed by atoms with Crippen LogP contribution in [-0.2, 0) is 10.0 Å². The lowest BCUT2D eigenvalue weighted by Gasteiger charge is -2.36. The second kappa shape index (κ2) is 11.1. The Labute approximate surface area is 184 Å². The number of amides is 1. The van der Waals surface area contributed by atoms with E-state index < -0.39 is 10.0 Å². The Balaban J connectivity index is 1.43. The topological polar surface area (TPSA) is 81.7 Å². The molecule has 0 unspecified atom stereocenters. The van der Waals surface area contributed by atoms with Gasteiger partial charge in [0, 0.05) is 50.5 Å². The van der Waals surface area contributed by atoms with Crippen LogP contribution in [0.25, 0.3) is 0 Å². The monoisotopic (exact) mass is 442 g/mol. The summed E-state index contributed by atoms with van der Waals surface area (Å²) in [6, 6.07) is 16.4. The van der Waals surface area contributed by atoms with Crippen LogP contribution in [-0.4, -0.2) is 65.0 Å². The fraction of sp³-hybridized carbons (Fsp3) is 0.348. The fourth-order valence-electron chi connectivity index (χ4n) is 3.53. The Morgan fingerprint density at radius 3 is 2.48 bits per heavy atom. The van der Waals surface area contributed by atoms with E-state index in [0.29, 0.717) is 18.7 Å². The number of nitrogens with zero attached hydrogens (tertiary/aromatic N) is 2. The third kappa shape index (κ3) is 6.65. The van der Waals surface area contributed by atoms with Crippen LogP contribution in [0.5, 0.6) is 0 Å². The van der Waals surface area contributed by atoms with Crippen molar-refractivity contribution in [2.75, 3.05) is 50.7 Å². The highest BCUT2D eigenvalue weighted by molar-refractivity contribution is 7.89. The van der Waals surface area contributed by atoms with E-state index in [1.165, 1.54) is 17.8 Å². The molecule has 1 aliphatic rings. The van der Waals surface area contributed by atoms with Crippen LogP contribution in [0, 0.1) is 0 Å². The van der Waals surface area contributed by atoms with Crippen LogP contribution >= 0.6 is 0 Å². The van der Waals surface area contributed by atoms with E-state index in [4.69, 9.17) is 0 Å². The maximum atomic E-state index is 12.6. The summed E-state index contributed by atoms with van der Waals surface area (Å²) in [5.74, 6) is -0.327. The Kier molecular flexibility index (Phi) is 8.22. The van der Waals surface area contributed by atoms with Crippen LogP contribution in [0.2, 0.25) is 0 Å². The van der Waals surface area contributed by atoms with Crippen molar-refractivity contribution >= 4 is 21.6 Å². The number of para-hydroxylation sites is 1. The first-order valence-corrected chi connectivity index (χ1v) is 12.0. The minimum absolute atomic E-state index is 0.0928. The Bertz CT molecular complexity index is 971. The van der Waals surface area contributed by atoms with Crippen LogP contribution < -0.4 is 14.9 Å². The van der Waals surface area contributed by atoms with E-state index in [-0.39, 0.29) is 10.8 Å². The lowest BCUT2D eigenvalue weighted by molar-refractivity contribution is 0.0958. The Morgan fingerprint density at radius 1 is 1.03 bits per heavy atom. The maximum Gasteiger partial charge on any atom is 0.251 e. The predicted molar refractivity (Wildman–Crippen MR) is 124 cm³/mol. The molecule has 1 amide bonds. The number of hydrogen-bond acceptors (Lipinski definition) is 5. The molecule has 7 nitrogen and oxygen atoms in total. The molecular weight excluding hydrogens is 412 g/mol. The number of anilines is 1. The molecule has 0 aliphatic carbocycles. The molecule has 8 heteroatoms. The SMILES string of the molecule is C=CCNC(=O)c1cccc(S(=O)(=O)NCCCN2CCN(c3ccccc3)CC2)c1. The molecule has 31 heavy (non-hydrogen) atoms. The summed E-state index contributed by atoms with van der Waals surface area (Å²) < 4.78 is 27.8. The lowest BCUT2D eigenvalue weighted by atomic mass is 10.2. The van der Waals surface area contributed by atoms with Crippen LogP contribution in [0.15, 0.2) is 72.1 Å². The van der Waals surface area contributed by atoms with E-state index in [0.717, 1.165) is 39.1 Å². The van der Waals surface area contributed by atoms with E-state index in [1.54, 1.807) is 18.2 Å². The Hall–Kier alpha value is -2.68. The van der Waals surface area contributed by atoms with E-state index >= 15 is 0 Å². The summed E-state index contributed by atoms with van der Waals surface area (Å²) in [4.78, 5) is 16.9. The van der Waals surface area contributed by atoms with Gasteiger partial charge >= 0.3 is 0 Å². The second-order valence-corrected chi connectivity index (χ2v) is 9.21. The first kappa shape index (κ1) is 23.0. The van der Waals surface area contributed by atoms with Gasteiger partial charge in [0.2, 0.25) is 10.0 Å². The zero-order valence-corrected chi connectivity index (χ0v) is 18.5. The van der Waals surface area contributed by atoms with Crippen molar-refractivity contribution in [1.29, 1.82) is 0 Å². The molecule has 1 saturated heterocycles. The van der Waals surface area contributed by atoms with Crippen molar-refractivity contribution in [3.63, 3.8) is 0 Å². The normalized spacial score (nSPS) is 14.9. The smallest absolute Gasteiger partial charge is 0.251 e. The lowest BCUT2D eigenvalue weighted by Crippen LogP contribution is -2.47. The molecule has 3 rings (SSSR count). The minimum atomic E-state index is -3.66. The summed E-state index contributed by atoms with van der Waals surface area (Å²) in [5, 5.41) is 2.65. The average molecular weight is 443 g/mol. The average Bonchev–Trinajstić information content (AvgIpc) is 2.81. The molecule has 0 atom stereocenters. The molecule has 1 heterocycles. The van der Waals surface area contributed by atoms with Gasteiger partial charge in [-0.2, -0.15) is 0 Å². The summed E-state index contributed by atoms with van der Waals surface area (Å²) in [6.45, 7) is 8.94. The highest BCUT2D eigenvalue weighted by Gasteiger charge is 2.18. The molecule has 0 bridgehead atoms. The summed E-state index contributed by atoms with van der Waals surface area (Å²) >= 11 is 0. The van der Waals surface area contributed by atoms with Gasteiger partial charge in [0.1, 0.15) is 0 Å². The molecule has 2 N–H and O–H groups in total. The molecule has 2 aromatic rings. The maximum absolute atomic E-state index is 12.6. The number of nitrogens with one attached hydrogen (secondary N) is 2. The van der Waals surface area contributed by atoms with Crippen LogP contribution in [0.1, 0.15) is 16.8 Å². The third-order valence-electron chi connectivity index (χ3n) is 5.25. The van der Waals surface area contributed by atoms with E-state index in [2.05, 4.69) is 50.7 Å². The standard InChI is InChI=1S/C23H30N4O3S/c1-2-12-24-23(28)20-8-6-11-22(19-20)31(29,30)25-13-7-14-26-15-17-27(18-16-26)21-9-4-3-5-10-21/h2-6,8-11,19,25H,1,7,12-18H2,(H,24,28). The number of carbonyl (C=O) groups is 1. The van der Waals surface area contributed by atoms with Gasteiger partial charge in [-0.15, -0.1) is 6.58 Å². The molecule has 1 fully saturated rings. The van der Waals surface area contributed by atoms with E-state index in [9.17, 15) is 13.2 Å². The van der Waals surface area contributed by atoms with Crippen molar-refractivity contribution in [2.24, 2.45) is 0 Å². The number of sulfonamides is 1. The van der Waals surface area contributed by atoms with Crippen molar-refractivity contribution in [2.45, 2.75) is 11.3 Å². The van der Waals surface area contributed by atoms with Crippen molar-refractivity contribution in [3.8, 4) is 0 Å². The highest BCUT2D eigenvalue weighted by Crippen LogP contribution is 2.16. The van der Waals surface area contributed by atoms with Crippen molar-refractivity contribution in [1.82, 2.24) is 14.9 Å². The van der Waals surface area contributed by atoms with Gasteiger partial charge in [-0.3, -0.25) is 9.69 Å². The molecule has 166 valence electrons. The van der Waals surface area contributed by atoms with Crippen molar-refractivity contribution < 1.29 is 13.2 Å². The fourth-order valence-corrected chi connectivity index (χ4v) is 4.65. The second-order valence-electron chi connectivity index (χ2n) is 7.44. The molecule has 2 aromatic carbocycles. The number of rotatable bonds is 10. The molecule has 0 saturated carbocycles. The van der Waals surface area contributed by atoms with Gasteiger partial charge in [-0.25, -0.2) is 13.1 Å². The minimum Gasteiger partial charge on any atom is -0.369 e. The summed E-state index contributed by atoms with van der Waals surface area (Å²) in [7, 11) is -3.66. The van der Waals surface area contributed by atoms with Gasteiger partial charge in [0.15, 0.2) is 0 Å². The van der Waals surface area contributed by atoms with Crippen LogP contribution in [0.4, 0.5) is 5.69 Å². The van der Waals surface area contributed by atoms with Gasteiger partial charge in [-0.1, -0.05) is 30.3 Å². The first-order chi connectivity index (χ1) is 15.0. The zero-order valence-electron chi connectivity index (χ0n) is 17.7. The third-order valence-corrected chi connectivity index (χ3v) is 6.71. The largest absolute Gasteiger partial charge is 0.369 e. The quantitative estimate of drug-likeness (QED) is 0.435. The molecule has 0 spiro atoms. The Morgan fingerprint density at radius 2 is 1.77 bits per heavy atom. The van der Waals surface area contributed by atoms with Crippen LogP contribution in [0.3, 0.4) is 0 Å². The number of hydrogen-bond donors (Lipinski definition) is 2. The molecule has 1 aliphatic heterocycles. The predicted octanol–water partition coefficient (Wildman–Crippen LogP) is 2.09. The number of piperazine rings is 1. The van der Waals surface area contributed by atoms with Gasteiger partial charge in [-0.05, 0) is 43.3 Å². The van der Waals surface area contributed by atoms with Gasteiger partial charge < -0.3 is 10.2 Å². The van der Waals surface area contributed by atoms with Gasteiger partial charge in [0.05, 0.1) is 4.90 Å². The highest BCUT2D eigenvalue weighted by atomic mass is 32.2. The first-order valence-electron chi connectivity index (χ1n) is 10.5. The number of benzene rings is 2. The van der Waals surface area contributed by atoms with Gasteiger partial charge in [0.25, 0.3) is 5.91 Å². The zero-order chi connectivity index (χ0) is 22.1. The number of carbonyl (C=O) groups excluding carboxylic acids is 1. The molecule has 0 aromatic heterocycles. The van der Waals surface area contributed by atoms with E-state index in [1.807, 2.05) is 6.07 Å².